The molecule has 6 aromatic rings. The summed E-state index contributed by atoms with van der Waals surface area (Å²) < 4.78 is 16.3. The van der Waals surface area contributed by atoms with Crippen LogP contribution in [0.5, 0.6) is 5.75 Å². The van der Waals surface area contributed by atoms with Gasteiger partial charge in [-0.15, -0.1) is 0 Å². The van der Waals surface area contributed by atoms with E-state index < -0.39 is 17.5 Å². The molecule has 0 spiro atoms. The minimum atomic E-state index is -0.984. The Bertz CT molecular complexity index is 1980. The van der Waals surface area contributed by atoms with E-state index in [2.05, 4.69) is 15.3 Å². The summed E-state index contributed by atoms with van der Waals surface area (Å²) in [5.41, 5.74) is 11.1. The molecule has 0 atom stereocenters. The predicted molar refractivity (Wildman–Crippen MR) is 159 cm³/mol. The second-order valence-electron chi connectivity index (χ2n) is 9.70. The summed E-state index contributed by atoms with van der Waals surface area (Å²) in [6.45, 7) is 0.190. The molecule has 0 saturated carbocycles. The molecule has 4 aromatic heterocycles. The SMILES string of the molecule is Nc1ncccc1-c1nc2ccc(-c3cccnc3)nc2n1-c1ccc(CNC(=O)Cc2ccc(C=O)c(O)c2F)cc1. The highest BCUT2D eigenvalue weighted by Gasteiger charge is 2.19. The molecule has 0 saturated heterocycles. The molecule has 6 rings (SSSR count). The Morgan fingerprint density at radius 2 is 1.81 bits per heavy atom. The van der Waals surface area contributed by atoms with E-state index in [4.69, 9.17) is 15.7 Å². The second-order valence-corrected chi connectivity index (χ2v) is 9.70. The lowest BCUT2D eigenvalue weighted by Gasteiger charge is -2.12. The lowest BCUT2D eigenvalue weighted by Crippen LogP contribution is -2.25. The molecule has 4 N–H and O–H groups in total. The summed E-state index contributed by atoms with van der Waals surface area (Å²) in [5.74, 6) is -1.29. The average Bonchev–Trinajstić information content (AvgIpc) is 3.42. The molecule has 212 valence electrons. The van der Waals surface area contributed by atoms with E-state index in [0.717, 1.165) is 22.5 Å². The van der Waals surface area contributed by atoms with Crippen LogP contribution in [0.15, 0.2) is 91.4 Å². The monoisotopic (exact) mass is 573 g/mol. The molecule has 0 unspecified atom stereocenters. The van der Waals surface area contributed by atoms with Gasteiger partial charge in [0, 0.05) is 41.9 Å². The number of hydrogen-bond acceptors (Lipinski definition) is 8. The third kappa shape index (κ3) is 5.38. The number of phenolic OH excluding ortho intramolecular Hbond substituents is 1. The Kier molecular flexibility index (Phi) is 7.27. The van der Waals surface area contributed by atoms with Crippen LogP contribution < -0.4 is 11.1 Å². The number of fused-ring (bicyclic) bond motifs is 1. The predicted octanol–water partition coefficient (Wildman–Crippen LogP) is 4.64. The number of nitrogens with zero attached hydrogens (tertiary/aromatic N) is 5. The number of carbonyl (C=O) groups is 2. The number of halogens is 1. The number of benzene rings is 2. The largest absolute Gasteiger partial charge is 0.504 e. The molecular weight excluding hydrogens is 549 g/mol. The number of amides is 1. The minimum absolute atomic E-state index is 0.0108. The van der Waals surface area contributed by atoms with Crippen molar-refractivity contribution in [2.75, 3.05) is 5.73 Å². The Labute approximate surface area is 244 Å². The van der Waals surface area contributed by atoms with Crippen LogP contribution in [-0.4, -0.2) is 41.8 Å². The van der Waals surface area contributed by atoms with Crippen LogP contribution >= 0.6 is 0 Å². The van der Waals surface area contributed by atoms with Crippen molar-refractivity contribution in [1.82, 2.24) is 29.8 Å². The van der Waals surface area contributed by atoms with E-state index in [1.165, 1.54) is 12.1 Å². The molecule has 11 heteroatoms. The summed E-state index contributed by atoms with van der Waals surface area (Å²) in [6.07, 6.45) is 5.12. The molecule has 0 fully saturated rings. The van der Waals surface area contributed by atoms with Gasteiger partial charge in [0.15, 0.2) is 29.3 Å². The number of aromatic hydroxyl groups is 1. The highest BCUT2D eigenvalue weighted by Crippen LogP contribution is 2.31. The Morgan fingerprint density at radius 3 is 2.56 bits per heavy atom. The highest BCUT2D eigenvalue weighted by atomic mass is 19.1. The smallest absolute Gasteiger partial charge is 0.224 e. The molecule has 43 heavy (non-hydrogen) atoms. The summed E-state index contributed by atoms with van der Waals surface area (Å²) in [7, 11) is 0. The Balaban J connectivity index is 1.29. The van der Waals surface area contributed by atoms with Crippen LogP contribution in [0.25, 0.3) is 39.5 Å². The molecule has 10 nitrogen and oxygen atoms in total. The van der Waals surface area contributed by atoms with Gasteiger partial charge in [-0.2, -0.15) is 0 Å². The standard InChI is InChI=1S/C32H24FN7O3/c33-28-20(7-8-22(18-41)29(28)43)15-27(42)37-16-19-5-9-23(10-6-19)40-31(24-4-2-14-36-30(24)34)39-26-12-11-25(38-32(26)40)21-3-1-13-35-17-21/h1-14,17-18,43H,15-16H2,(H2,34,36)(H,37,42). The maximum atomic E-state index is 14.3. The molecule has 0 bridgehead atoms. The van der Waals surface area contributed by atoms with Gasteiger partial charge in [-0.25, -0.2) is 19.3 Å². The van der Waals surface area contributed by atoms with Gasteiger partial charge < -0.3 is 16.2 Å². The fourth-order valence-electron chi connectivity index (χ4n) is 4.72. The molecule has 0 aliphatic rings. The number of nitrogen functional groups attached to an aromatic ring is 1. The van der Waals surface area contributed by atoms with Crippen LogP contribution in [0.4, 0.5) is 10.2 Å². The van der Waals surface area contributed by atoms with Gasteiger partial charge in [-0.3, -0.25) is 19.1 Å². The van der Waals surface area contributed by atoms with E-state index in [9.17, 15) is 19.1 Å². The van der Waals surface area contributed by atoms with Crippen LogP contribution in [0.3, 0.4) is 0 Å². The van der Waals surface area contributed by atoms with Crippen LogP contribution in [0, 0.1) is 5.82 Å². The fourth-order valence-corrected chi connectivity index (χ4v) is 4.72. The highest BCUT2D eigenvalue weighted by molar-refractivity contribution is 5.85. The maximum Gasteiger partial charge on any atom is 0.224 e. The van der Waals surface area contributed by atoms with Gasteiger partial charge in [0.25, 0.3) is 0 Å². The topological polar surface area (TPSA) is 149 Å². The maximum absolute atomic E-state index is 14.3. The second kappa shape index (κ2) is 11.5. The first-order chi connectivity index (χ1) is 20.9. The van der Waals surface area contributed by atoms with Crippen molar-refractivity contribution in [2.45, 2.75) is 13.0 Å². The molecule has 1 amide bonds. The van der Waals surface area contributed by atoms with Gasteiger partial charge in [-0.1, -0.05) is 18.2 Å². The number of nitrogens with one attached hydrogen (secondary N) is 1. The van der Waals surface area contributed by atoms with Crippen molar-refractivity contribution in [3.63, 3.8) is 0 Å². The zero-order valence-electron chi connectivity index (χ0n) is 22.6. The van der Waals surface area contributed by atoms with Gasteiger partial charge >= 0.3 is 0 Å². The third-order valence-electron chi connectivity index (χ3n) is 6.93. The number of imidazole rings is 1. The van der Waals surface area contributed by atoms with Gasteiger partial charge in [0.1, 0.15) is 11.3 Å². The number of aromatic nitrogens is 5. The lowest BCUT2D eigenvalue weighted by atomic mass is 10.1. The van der Waals surface area contributed by atoms with E-state index >= 15 is 0 Å². The molecule has 4 heterocycles. The van der Waals surface area contributed by atoms with Crippen molar-refractivity contribution in [3.8, 4) is 34.1 Å². The number of pyridine rings is 3. The summed E-state index contributed by atoms with van der Waals surface area (Å²) >= 11 is 0. The van der Waals surface area contributed by atoms with E-state index in [1.54, 1.807) is 24.7 Å². The Hall–Kier alpha value is -5.97. The van der Waals surface area contributed by atoms with Crippen LogP contribution in [-0.2, 0) is 17.8 Å². The summed E-state index contributed by atoms with van der Waals surface area (Å²) in [4.78, 5) is 41.6. The quantitative estimate of drug-likeness (QED) is 0.223. The number of phenols is 1. The fraction of sp³-hybridized carbons (Fsp3) is 0.0625. The number of hydrogen-bond donors (Lipinski definition) is 3. The van der Waals surface area contributed by atoms with Crippen molar-refractivity contribution >= 4 is 29.2 Å². The van der Waals surface area contributed by atoms with E-state index in [-0.39, 0.29) is 24.1 Å². The molecule has 0 radical (unpaired) electrons. The van der Waals surface area contributed by atoms with Crippen molar-refractivity contribution in [2.24, 2.45) is 0 Å². The first kappa shape index (κ1) is 27.2. The van der Waals surface area contributed by atoms with Crippen molar-refractivity contribution < 1.29 is 19.1 Å². The van der Waals surface area contributed by atoms with Crippen LogP contribution in [0.2, 0.25) is 0 Å². The van der Waals surface area contributed by atoms with Gasteiger partial charge in [0.05, 0.1) is 23.2 Å². The average molecular weight is 574 g/mol. The van der Waals surface area contributed by atoms with Crippen LogP contribution in [0.1, 0.15) is 21.5 Å². The van der Waals surface area contributed by atoms with Crippen molar-refractivity contribution in [3.05, 3.63) is 114 Å². The van der Waals surface area contributed by atoms with Crippen molar-refractivity contribution in [1.29, 1.82) is 0 Å². The molecule has 0 aliphatic heterocycles. The lowest BCUT2D eigenvalue weighted by molar-refractivity contribution is -0.120. The zero-order chi connectivity index (χ0) is 29.9. The first-order valence-corrected chi connectivity index (χ1v) is 13.2. The Morgan fingerprint density at radius 1 is 1.00 bits per heavy atom. The summed E-state index contributed by atoms with van der Waals surface area (Å²) in [6, 6.07) is 21.3. The van der Waals surface area contributed by atoms with Gasteiger partial charge in [0.2, 0.25) is 5.91 Å². The van der Waals surface area contributed by atoms with Gasteiger partial charge in [-0.05, 0) is 60.2 Å². The minimum Gasteiger partial charge on any atom is -0.504 e. The van der Waals surface area contributed by atoms with E-state index in [1.807, 2.05) is 59.2 Å². The molecule has 2 aromatic carbocycles. The normalized spacial score (nSPS) is 11.0. The molecular formula is C32H24FN7O3. The number of nitrogens with two attached hydrogens (primary N) is 1. The third-order valence-corrected chi connectivity index (χ3v) is 6.93. The van der Waals surface area contributed by atoms with E-state index in [0.29, 0.717) is 34.7 Å². The number of anilines is 1. The molecule has 0 aliphatic carbocycles. The number of aldehydes is 1. The first-order valence-electron chi connectivity index (χ1n) is 13.2. The number of rotatable bonds is 8. The summed E-state index contributed by atoms with van der Waals surface area (Å²) in [5, 5.41) is 12.5. The zero-order valence-corrected chi connectivity index (χ0v) is 22.6. The number of carbonyl (C=O) groups excluding carboxylic acids is 2.